The van der Waals surface area contributed by atoms with Gasteiger partial charge in [-0.2, -0.15) is 0 Å². The summed E-state index contributed by atoms with van der Waals surface area (Å²) in [6, 6.07) is 11.0. The summed E-state index contributed by atoms with van der Waals surface area (Å²) in [6.07, 6.45) is -1.23. The number of rotatable bonds is 6. The number of methoxy groups -OCH3 is 2. The zero-order valence-corrected chi connectivity index (χ0v) is 19.9. The first-order valence-corrected chi connectivity index (χ1v) is 11.5. The van der Waals surface area contributed by atoms with E-state index in [0.29, 0.717) is 17.2 Å². The number of carbonyl (C=O) groups excluding carboxylic acids is 1. The number of ether oxygens (including phenoxy) is 3. The van der Waals surface area contributed by atoms with E-state index < -0.39 is 12.4 Å². The third kappa shape index (κ3) is 5.42. The largest absolute Gasteiger partial charge is 0.573 e. The van der Waals surface area contributed by atoms with E-state index in [0.717, 1.165) is 44.4 Å². The van der Waals surface area contributed by atoms with Crippen LogP contribution in [-0.4, -0.2) is 57.2 Å². The van der Waals surface area contributed by atoms with Crippen LogP contribution in [0.2, 0.25) is 0 Å². The van der Waals surface area contributed by atoms with Crippen molar-refractivity contribution >= 4 is 11.7 Å². The summed E-state index contributed by atoms with van der Waals surface area (Å²) in [5.74, 6) is 1.06. The number of carbonyl (C=O) groups is 1. The summed E-state index contributed by atoms with van der Waals surface area (Å²) >= 11 is 0. The Morgan fingerprint density at radius 1 is 1.06 bits per heavy atom. The van der Waals surface area contributed by atoms with Crippen molar-refractivity contribution < 1.29 is 32.2 Å². The number of hydrogen-bond donors (Lipinski definition) is 2. The van der Waals surface area contributed by atoms with Crippen LogP contribution in [0.1, 0.15) is 31.2 Å². The molecule has 35 heavy (non-hydrogen) atoms. The topological polar surface area (TPSA) is 72.1 Å². The summed E-state index contributed by atoms with van der Waals surface area (Å²) in [4.78, 5) is 14.9. The molecule has 0 spiro atoms. The molecule has 2 amide bonds. The molecule has 1 saturated heterocycles. The Morgan fingerprint density at radius 2 is 1.77 bits per heavy atom. The van der Waals surface area contributed by atoms with Gasteiger partial charge in [0.05, 0.1) is 14.2 Å². The van der Waals surface area contributed by atoms with Crippen molar-refractivity contribution in [2.45, 2.75) is 49.5 Å². The van der Waals surface area contributed by atoms with Gasteiger partial charge < -0.3 is 29.7 Å². The number of fused-ring (bicyclic) bond motifs is 1. The number of halogens is 3. The third-order valence-electron chi connectivity index (χ3n) is 7.17. The second kappa shape index (κ2) is 9.85. The lowest BCUT2D eigenvalue weighted by atomic mass is 9.65. The molecule has 0 bridgehead atoms. The summed E-state index contributed by atoms with van der Waals surface area (Å²) in [5.41, 5.74) is 1.57. The minimum absolute atomic E-state index is 0.0262. The molecule has 190 valence electrons. The number of urea groups is 1. The number of likely N-dealkylation sites (N-methyl/N-ethyl adjacent to an activating group) is 1. The molecule has 2 fully saturated rings. The first-order valence-electron chi connectivity index (χ1n) is 11.5. The number of alkyl halides is 3. The molecule has 2 aromatic carbocycles. The summed E-state index contributed by atoms with van der Waals surface area (Å²) in [7, 11) is 5.36. The van der Waals surface area contributed by atoms with Gasteiger partial charge in [-0.05, 0) is 81.2 Å². The van der Waals surface area contributed by atoms with E-state index in [1.807, 2.05) is 6.07 Å². The Morgan fingerprint density at radius 3 is 2.43 bits per heavy atom. The number of nitrogens with zero attached hydrogens (tertiary/aromatic N) is 1. The molecular formula is C25H30F3N3O4. The highest BCUT2D eigenvalue weighted by Gasteiger charge is 2.50. The fraction of sp³-hybridized carbons (Fsp3) is 0.480. The number of amides is 2. The average Bonchev–Trinajstić information content (AvgIpc) is 3.16. The van der Waals surface area contributed by atoms with Crippen LogP contribution in [0.3, 0.4) is 0 Å². The predicted octanol–water partition coefficient (Wildman–Crippen LogP) is 4.92. The van der Waals surface area contributed by atoms with Crippen LogP contribution in [0.15, 0.2) is 42.5 Å². The highest BCUT2D eigenvalue weighted by molar-refractivity contribution is 5.89. The molecular weight excluding hydrogens is 463 g/mol. The van der Waals surface area contributed by atoms with Gasteiger partial charge in [-0.1, -0.05) is 6.07 Å². The Labute approximate surface area is 202 Å². The SMILES string of the molecule is COc1ccc([C@@]23CC[C@H](NC(=O)Nc4ccc(OC(F)(F)F)cc4)C[C@H]2N(C)CC3)cc1OC. The van der Waals surface area contributed by atoms with Crippen molar-refractivity contribution in [3.8, 4) is 17.2 Å². The first kappa shape index (κ1) is 25.0. The van der Waals surface area contributed by atoms with Gasteiger partial charge in [-0.25, -0.2) is 4.79 Å². The minimum Gasteiger partial charge on any atom is -0.493 e. The number of hydrogen-bond acceptors (Lipinski definition) is 5. The molecule has 10 heteroatoms. The van der Waals surface area contributed by atoms with Crippen LogP contribution >= 0.6 is 0 Å². The van der Waals surface area contributed by atoms with E-state index in [4.69, 9.17) is 9.47 Å². The van der Waals surface area contributed by atoms with Gasteiger partial charge in [0.15, 0.2) is 11.5 Å². The summed E-state index contributed by atoms with van der Waals surface area (Å²) in [6.45, 7) is 0.963. The molecule has 0 aromatic heterocycles. The maximum atomic E-state index is 12.6. The van der Waals surface area contributed by atoms with E-state index >= 15 is 0 Å². The Bertz CT molecular complexity index is 1050. The van der Waals surface area contributed by atoms with Crippen molar-refractivity contribution in [1.29, 1.82) is 0 Å². The van der Waals surface area contributed by atoms with E-state index in [1.54, 1.807) is 14.2 Å². The van der Waals surface area contributed by atoms with Gasteiger partial charge in [0, 0.05) is 23.2 Å². The Balaban J connectivity index is 1.41. The van der Waals surface area contributed by atoms with E-state index in [1.165, 1.54) is 17.7 Å². The Kier molecular flexibility index (Phi) is 7.02. The van der Waals surface area contributed by atoms with E-state index in [9.17, 15) is 18.0 Å². The molecule has 0 radical (unpaired) electrons. The van der Waals surface area contributed by atoms with E-state index in [-0.39, 0.29) is 23.2 Å². The molecule has 1 aliphatic carbocycles. The highest BCUT2D eigenvalue weighted by atomic mass is 19.4. The van der Waals surface area contributed by atoms with Crippen LogP contribution < -0.4 is 24.8 Å². The van der Waals surface area contributed by atoms with Crippen LogP contribution in [0.25, 0.3) is 0 Å². The molecule has 0 unspecified atom stereocenters. The average molecular weight is 494 g/mol. The second-order valence-electron chi connectivity index (χ2n) is 9.11. The van der Waals surface area contributed by atoms with Crippen molar-refractivity contribution in [3.63, 3.8) is 0 Å². The lowest BCUT2D eigenvalue weighted by Crippen LogP contribution is -2.52. The molecule has 7 nitrogen and oxygen atoms in total. The molecule has 1 aliphatic heterocycles. The van der Waals surface area contributed by atoms with Gasteiger partial charge in [-0.3, -0.25) is 0 Å². The quantitative estimate of drug-likeness (QED) is 0.598. The minimum atomic E-state index is -4.76. The van der Waals surface area contributed by atoms with Crippen molar-refractivity contribution in [1.82, 2.24) is 10.2 Å². The number of benzene rings is 2. The second-order valence-corrected chi connectivity index (χ2v) is 9.11. The molecule has 2 N–H and O–H groups in total. The maximum absolute atomic E-state index is 12.6. The van der Waals surface area contributed by atoms with Crippen LogP contribution in [0.4, 0.5) is 23.7 Å². The maximum Gasteiger partial charge on any atom is 0.573 e. The normalized spacial score (nSPS) is 24.4. The third-order valence-corrected chi connectivity index (χ3v) is 7.17. The number of anilines is 1. The smallest absolute Gasteiger partial charge is 0.493 e. The predicted molar refractivity (Wildman–Crippen MR) is 125 cm³/mol. The molecule has 2 aliphatic rings. The first-order chi connectivity index (χ1) is 16.6. The zero-order chi connectivity index (χ0) is 25.2. The number of nitrogens with one attached hydrogen (secondary N) is 2. The highest BCUT2D eigenvalue weighted by Crippen LogP contribution is 2.49. The van der Waals surface area contributed by atoms with Crippen LogP contribution in [0.5, 0.6) is 17.2 Å². The van der Waals surface area contributed by atoms with Gasteiger partial charge >= 0.3 is 12.4 Å². The molecule has 1 saturated carbocycles. The zero-order valence-electron chi connectivity index (χ0n) is 19.9. The lowest BCUT2D eigenvalue weighted by molar-refractivity contribution is -0.274. The van der Waals surface area contributed by atoms with Gasteiger partial charge in [0.25, 0.3) is 0 Å². The van der Waals surface area contributed by atoms with Gasteiger partial charge in [0.1, 0.15) is 5.75 Å². The van der Waals surface area contributed by atoms with E-state index in [2.05, 4.69) is 39.5 Å². The summed E-state index contributed by atoms with van der Waals surface area (Å²) < 4.78 is 51.8. The van der Waals surface area contributed by atoms with Crippen LogP contribution in [-0.2, 0) is 5.41 Å². The monoisotopic (exact) mass is 493 g/mol. The summed E-state index contributed by atoms with van der Waals surface area (Å²) in [5, 5.41) is 5.72. The Hall–Kier alpha value is -3.14. The van der Waals surface area contributed by atoms with Crippen LogP contribution in [0, 0.1) is 0 Å². The molecule has 2 aromatic rings. The van der Waals surface area contributed by atoms with Crippen molar-refractivity contribution in [2.24, 2.45) is 0 Å². The van der Waals surface area contributed by atoms with Gasteiger partial charge in [-0.15, -0.1) is 13.2 Å². The van der Waals surface area contributed by atoms with Crippen molar-refractivity contribution in [3.05, 3.63) is 48.0 Å². The molecule has 1 heterocycles. The standard InChI is InChI=1S/C25H30F3N3O4/c1-31-13-12-24(16-4-9-20(33-2)21(14-16)34-3)11-10-18(15-22(24)31)30-23(32)29-17-5-7-19(8-6-17)35-25(26,27)28/h4-9,14,18,22H,10-13,15H2,1-3H3,(H2,29,30,32)/t18-,22+,24-/m0/s1. The van der Waals surface area contributed by atoms with Gasteiger partial charge in [0.2, 0.25) is 0 Å². The number of likely N-dealkylation sites (tertiary alicyclic amines) is 1. The lowest BCUT2D eigenvalue weighted by Gasteiger charge is -2.45. The fourth-order valence-electron chi connectivity index (χ4n) is 5.49. The fourth-order valence-corrected chi connectivity index (χ4v) is 5.49. The van der Waals surface area contributed by atoms with Crippen molar-refractivity contribution in [2.75, 3.05) is 33.1 Å². The molecule has 4 rings (SSSR count). The molecule has 3 atom stereocenters.